The number of epoxide rings is 1. The van der Waals surface area contributed by atoms with Crippen molar-refractivity contribution >= 4 is 11.8 Å². The third-order valence-corrected chi connectivity index (χ3v) is 12.0. The van der Waals surface area contributed by atoms with Crippen LogP contribution >= 0.6 is 0 Å². The van der Waals surface area contributed by atoms with E-state index in [1.54, 1.807) is 6.08 Å². The van der Waals surface area contributed by atoms with Gasteiger partial charge in [0.1, 0.15) is 23.4 Å². The van der Waals surface area contributed by atoms with Crippen LogP contribution in [-0.2, 0) is 19.1 Å². The van der Waals surface area contributed by atoms with E-state index in [4.69, 9.17) is 9.47 Å². The van der Waals surface area contributed by atoms with Crippen molar-refractivity contribution in [1.82, 2.24) is 0 Å². The van der Waals surface area contributed by atoms with E-state index in [2.05, 4.69) is 13.8 Å². The average Bonchev–Trinajstić information content (AvgIpc) is 3.49. The highest BCUT2D eigenvalue weighted by molar-refractivity contribution is 5.97. The minimum absolute atomic E-state index is 0.0101. The summed E-state index contributed by atoms with van der Waals surface area (Å²) in [6.07, 6.45) is 7.44. The summed E-state index contributed by atoms with van der Waals surface area (Å²) in [4.78, 5) is 25.8. The van der Waals surface area contributed by atoms with Crippen molar-refractivity contribution in [2.75, 3.05) is 0 Å². The number of fused-ring (bicyclic) bond motifs is 8. The molecule has 0 amide bonds. The van der Waals surface area contributed by atoms with Gasteiger partial charge in [-0.15, -0.1) is 0 Å². The number of hydrogen-bond acceptors (Lipinski definition) is 6. The molecule has 5 fully saturated rings. The molecule has 0 aromatic rings. The standard InChI is InChI=1S/C28H40O6/c1-14-13-20(33-24(30)15(14)2)27(5,31)18-9-8-16-21-17(10-12-25(16,18)3)26(4)19(29)7-6-11-28(26,32)23-22(21)34-23/h6-7,14-18,20-23,31-32H,8-13H2,1-5H3/t14-,15+,16+,17+,18+,20-,21+,22+,23+,25+,26+,27-,28+/m1/s1. The second kappa shape index (κ2) is 6.95. The molecule has 6 aliphatic rings. The highest BCUT2D eigenvalue weighted by Gasteiger charge is 2.78. The number of allylic oxidation sites excluding steroid dienone is 1. The Morgan fingerprint density at radius 2 is 1.85 bits per heavy atom. The molecule has 0 bridgehead atoms. The van der Waals surface area contributed by atoms with Crippen LogP contribution in [0.15, 0.2) is 12.2 Å². The van der Waals surface area contributed by atoms with E-state index in [0.29, 0.717) is 18.8 Å². The molecule has 2 saturated heterocycles. The molecule has 13 atom stereocenters. The lowest BCUT2D eigenvalue weighted by Gasteiger charge is -2.60. The molecule has 188 valence electrons. The average molecular weight is 473 g/mol. The minimum Gasteiger partial charge on any atom is -0.459 e. The SMILES string of the molecule is C[C@@H]1C[C@H]([C@](C)(O)[C@H]2CC[C@H]3[C@@H]4[C@@H]5O[C@@H]5[C@@]5(O)CC=CC(=O)[C@]5(C)[C@H]4CC[C@]23C)OC(=O)[C@H]1C. The Morgan fingerprint density at radius 1 is 1.12 bits per heavy atom. The third kappa shape index (κ3) is 2.63. The summed E-state index contributed by atoms with van der Waals surface area (Å²) in [7, 11) is 0. The van der Waals surface area contributed by atoms with Crippen molar-refractivity contribution in [3.63, 3.8) is 0 Å². The number of esters is 1. The van der Waals surface area contributed by atoms with Gasteiger partial charge < -0.3 is 19.7 Å². The lowest BCUT2D eigenvalue weighted by Crippen LogP contribution is -2.67. The normalized spacial score (nSPS) is 57.6. The van der Waals surface area contributed by atoms with Gasteiger partial charge in [0.25, 0.3) is 0 Å². The van der Waals surface area contributed by atoms with Crippen LogP contribution in [0.25, 0.3) is 0 Å². The van der Waals surface area contributed by atoms with E-state index in [1.165, 1.54) is 0 Å². The summed E-state index contributed by atoms with van der Waals surface area (Å²) in [5, 5.41) is 23.7. The van der Waals surface area contributed by atoms with E-state index in [1.807, 2.05) is 26.8 Å². The molecule has 3 saturated carbocycles. The molecule has 2 heterocycles. The van der Waals surface area contributed by atoms with Crippen LogP contribution in [0.1, 0.15) is 73.1 Å². The fraction of sp³-hybridized carbons (Fsp3) is 0.857. The predicted molar refractivity (Wildman–Crippen MR) is 124 cm³/mol. The molecule has 6 nitrogen and oxygen atoms in total. The predicted octanol–water partition coefficient (Wildman–Crippen LogP) is 3.43. The molecule has 4 aliphatic carbocycles. The van der Waals surface area contributed by atoms with Gasteiger partial charge in [-0.1, -0.05) is 26.8 Å². The number of carbonyl (C=O) groups is 2. The number of ketones is 1. The van der Waals surface area contributed by atoms with Crippen molar-refractivity contribution in [3.05, 3.63) is 12.2 Å². The first-order valence-corrected chi connectivity index (χ1v) is 13.4. The highest BCUT2D eigenvalue weighted by Crippen LogP contribution is 2.72. The first-order valence-electron chi connectivity index (χ1n) is 13.4. The van der Waals surface area contributed by atoms with Gasteiger partial charge in [-0.05, 0) is 93.5 Å². The number of carbonyl (C=O) groups excluding carboxylic acids is 2. The Kier molecular flexibility index (Phi) is 4.74. The lowest BCUT2D eigenvalue weighted by atomic mass is 9.43. The van der Waals surface area contributed by atoms with E-state index in [-0.39, 0.29) is 59.0 Å². The maximum absolute atomic E-state index is 13.3. The molecule has 0 radical (unpaired) electrons. The molecule has 6 rings (SSSR count). The molecule has 2 aliphatic heterocycles. The smallest absolute Gasteiger partial charge is 0.309 e. The minimum atomic E-state index is -1.12. The van der Waals surface area contributed by atoms with Crippen molar-refractivity contribution in [2.24, 2.45) is 46.3 Å². The maximum Gasteiger partial charge on any atom is 0.309 e. The van der Waals surface area contributed by atoms with Crippen LogP contribution in [0.2, 0.25) is 0 Å². The molecule has 6 heteroatoms. The van der Waals surface area contributed by atoms with Crippen LogP contribution in [0.5, 0.6) is 0 Å². The molecule has 0 aromatic heterocycles. The summed E-state index contributed by atoms with van der Waals surface area (Å²) in [6.45, 7) is 10.1. The first-order chi connectivity index (χ1) is 15.9. The zero-order valence-corrected chi connectivity index (χ0v) is 21.1. The summed E-state index contributed by atoms with van der Waals surface area (Å²) in [5.74, 6) is 0.484. The van der Waals surface area contributed by atoms with Gasteiger partial charge in [-0.25, -0.2) is 0 Å². The summed E-state index contributed by atoms with van der Waals surface area (Å²) in [5.41, 5.74) is -3.17. The van der Waals surface area contributed by atoms with Crippen LogP contribution in [0.3, 0.4) is 0 Å². The van der Waals surface area contributed by atoms with Crippen LogP contribution in [-0.4, -0.2) is 51.5 Å². The van der Waals surface area contributed by atoms with E-state index >= 15 is 0 Å². The second-order valence-corrected chi connectivity index (χ2v) is 13.2. The van der Waals surface area contributed by atoms with Crippen LogP contribution < -0.4 is 0 Å². The third-order valence-electron chi connectivity index (χ3n) is 12.0. The topological polar surface area (TPSA) is 96.4 Å². The largest absolute Gasteiger partial charge is 0.459 e. The monoisotopic (exact) mass is 472 g/mol. The molecule has 0 unspecified atom stereocenters. The van der Waals surface area contributed by atoms with Crippen LogP contribution in [0.4, 0.5) is 0 Å². The highest BCUT2D eigenvalue weighted by atomic mass is 16.6. The number of ether oxygens (including phenoxy) is 2. The van der Waals surface area contributed by atoms with Crippen molar-refractivity contribution in [2.45, 2.75) is 103 Å². The quantitative estimate of drug-likeness (QED) is 0.472. The fourth-order valence-corrected chi connectivity index (χ4v) is 9.60. The maximum atomic E-state index is 13.3. The first kappa shape index (κ1) is 23.2. The fourth-order valence-electron chi connectivity index (χ4n) is 9.60. The van der Waals surface area contributed by atoms with Gasteiger partial charge in [0.15, 0.2) is 5.78 Å². The van der Waals surface area contributed by atoms with Gasteiger partial charge in [0.05, 0.1) is 17.4 Å². The Morgan fingerprint density at radius 3 is 2.56 bits per heavy atom. The molecule has 34 heavy (non-hydrogen) atoms. The van der Waals surface area contributed by atoms with Gasteiger partial charge >= 0.3 is 5.97 Å². The lowest BCUT2D eigenvalue weighted by molar-refractivity contribution is -0.206. The van der Waals surface area contributed by atoms with Gasteiger partial charge in [0.2, 0.25) is 0 Å². The molecular formula is C28H40O6. The number of aliphatic hydroxyl groups is 2. The molecule has 0 spiro atoms. The van der Waals surface area contributed by atoms with Crippen LogP contribution in [0, 0.1) is 46.3 Å². The number of rotatable bonds is 2. The molecule has 0 aromatic carbocycles. The van der Waals surface area contributed by atoms with E-state index < -0.39 is 22.7 Å². The summed E-state index contributed by atoms with van der Waals surface area (Å²) < 4.78 is 12.0. The zero-order valence-electron chi connectivity index (χ0n) is 21.1. The zero-order chi connectivity index (χ0) is 24.4. The Labute approximate surface area is 202 Å². The Balaban J connectivity index is 1.32. The Hall–Kier alpha value is -1.24. The van der Waals surface area contributed by atoms with Crippen molar-refractivity contribution in [1.29, 1.82) is 0 Å². The molecule has 2 N–H and O–H groups in total. The van der Waals surface area contributed by atoms with Crippen molar-refractivity contribution < 1.29 is 29.3 Å². The number of hydrogen-bond donors (Lipinski definition) is 2. The van der Waals surface area contributed by atoms with Gasteiger partial charge in [-0.2, -0.15) is 0 Å². The van der Waals surface area contributed by atoms with Gasteiger partial charge in [0, 0.05) is 0 Å². The van der Waals surface area contributed by atoms with Gasteiger partial charge in [-0.3, -0.25) is 9.59 Å². The Bertz CT molecular complexity index is 957. The van der Waals surface area contributed by atoms with E-state index in [9.17, 15) is 19.8 Å². The molecular weight excluding hydrogens is 432 g/mol. The summed E-state index contributed by atoms with van der Waals surface area (Å²) in [6, 6.07) is 0. The van der Waals surface area contributed by atoms with Crippen molar-refractivity contribution in [3.8, 4) is 0 Å². The second-order valence-electron chi connectivity index (χ2n) is 13.2. The number of cyclic esters (lactones) is 1. The van der Waals surface area contributed by atoms with E-state index in [0.717, 1.165) is 25.7 Å². The summed E-state index contributed by atoms with van der Waals surface area (Å²) >= 11 is 0.